The van der Waals surface area contributed by atoms with E-state index in [9.17, 15) is 0 Å². The molecule has 0 aliphatic carbocycles. The first-order valence-corrected chi connectivity index (χ1v) is 5.10. The molecule has 0 aromatic rings. The van der Waals surface area contributed by atoms with Crippen LogP contribution in [0.5, 0.6) is 0 Å². The van der Waals surface area contributed by atoms with E-state index >= 15 is 0 Å². The maximum Gasteiger partial charge on any atom is 0.106 e. The summed E-state index contributed by atoms with van der Waals surface area (Å²) < 4.78 is 0.307. The van der Waals surface area contributed by atoms with Crippen LogP contribution in [-0.2, 0) is 0 Å². The highest BCUT2D eigenvalue weighted by molar-refractivity contribution is 6.55. The Morgan fingerprint density at radius 1 is 1.08 bits per heavy atom. The first kappa shape index (κ1) is 12.8. The molecule has 0 aliphatic rings. The molecule has 0 radical (unpaired) electrons. The lowest BCUT2D eigenvalue weighted by atomic mass is 10.1. The molecule has 74 valence electrons. The molecule has 0 aliphatic heterocycles. The van der Waals surface area contributed by atoms with Crippen molar-refractivity contribution >= 4 is 23.2 Å². The maximum absolute atomic E-state index is 5.48. The van der Waals surface area contributed by atoms with E-state index in [1.165, 1.54) is 11.1 Å². The van der Waals surface area contributed by atoms with Gasteiger partial charge in [-0.15, -0.1) is 0 Å². The van der Waals surface area contributed by atoms with E-state index in [0.717, 1.165) is 12.8 Å². The van der Waals surface area contributed by atoms with Crippen LogP contribution < -0.4 is 0 Å². The molecule has 0 bridgehead atoms. The number of halogens is 2. The number of allylic oxidation sites excluding steroid dienone is 5. The molecule has 0 saturated heterocycles. The highest BCUT2D eigenvalue weighted by atomic mass is 35.5. The molecule has 0 unspecified atom stereocenters. The van der Waals surface area contributed by atoms with Gasteiger partial charge in [0.25, 0.3) is 0 Å². The molecule has 0 N–H and O–H groups in total. The topological polar surface area (TPSA) is 0 Å². The molecule has 0 aromatic heterocycles. The number of hydrogen-bond acceptors (Lipinski definition) is 0. The van der Waals surface area contributed by atoms with E-state index in [1.807, 2.05) is 6.08 Å². The van der Waals surface area contributed by atoms with Gasteiger partial charge >= 0.3 is 0 Å². The van der Waals surface area contributed by atoms with Gasteiger partial charge in [0.15, 0.2) is 0 Å². The van der Waals surface area contributed by atoms with Crippen molar-refractivity contribution in [2.75, 3.05) is 0 Å². The Labute approximate surface area is 90.9 Å². The second kappa shape index (κ2) is 7.23. The minimum absolute atomic E-state index is 0.307. The molecule has 0 amide bonds. The van der Waals surface area contributed by atoms with Crippen molar-refractivity contribution in [1.82, 2.24) is 0 Å². The normalized spacial score (nSPS) is 11.0. The Morgan fingerprint density at radius 3 is 2.15 bits per heavy atom. The number of hydrogen-bond donors (Lipinski definition) is 0. The van der Waals surface area contributed by atoms with E-state index in [4.69, 9.17) is 23.2 Å². The Morgan fingerprint density at radius 2 is 1.69 bits per heavy atom. The van der Waals surface area contributed by atoms with E-state index < -0.39 is 0 Å². The molecular weight excluding hydrogens is 203 g/mol. The second-order valence-electron chi connectivity index (χ2n) is 3.29. The van der Waals surface area contributed by atoms with Crippen LogP contribution in [0.4, 0.5) is 0 Å². The van der Waals surface area contributed by atoms with Gasteiger partial charge in [0.2, 0.25) is 0 Å². The van der Waals surface area contributed by atoms with Gasteiger partial charge < -0.3 is 0 Å². The standard InChI is InChI=1S/C11H16Cl2/c1-9(2)5-4-6-10(3)7-8-11(12)13/h5,7-8H,4,6H2,1-3H3/b10-7-. The van der Waals surface area contributed by atoms with Crippen molar-refractivity contribution < 1.29 is 0 Å². The molecule has 0 rings (SSSR count). The van der Waals surface area contributed by atoms with Gasteiger partial charge in [-0.3, -0.25) is 0 Å². The average Bonchev–Trinajstić information content (AvgIpc) is 2.00. The molecular formula is C11H16Cl2. The van der Waals surface area contributed by atoms with Crippen molar-refractivity contribution in [2.45, 2.75) is 33.6 Å². The first-order valence-electron chi connectivity index (χ1n) is 4.34. The predicted molar refractivity (Wildman–Crippen MR) is 62.2 cm³/mol. The van der Waals surface area contributed by atoms with Crippen LogP contribution in [-0.4, -0.2) is 0 Å². The second-order valence-corrected chi connectivity index (χ2v) is 4.30. The van der Waals surface area contributed by atoms with Crippen molar-refractivity contribution in [3.8, 4) is 0 Å². The fourth-order valence-electron chi connectivity index (χ4n) is 0.877. The Bertz CT molecular complexity index is 226. The summed E-state index contributed by atoms with van der Waals surface area (Å²) in [5, 5.41) is 0. The molecule has 0 spiro atoms. The zero-order chi connectivity index (χ0) is 10.3. The van der Waals surface area contributed by atoms with Gasteiger partial charge in [-0.1, -0.05) is 46.5 Å². The smallest absolute Gasteiger partial charge is 0.0856 e. The van der Waals surface area contributed by atoms with Crippen LogP contribution in [0.25, 0.3) is 0 Å². The summed E-state index contributed by atoms with van der Waals surface area (Å²) >= 11 is 11.0. The molecule has 13 heavy (non-hydrogen) atoms. The Balaban J connectivity index is 3.88. The molecule has 0 saturated carbocycles. The first-order chi connectivity index (χ1) is 6.02. The summed E-state index contributed by atoms with van der Waals surface area (Å²) in [4.78, 5) is 0. The molecule has 2 heteroatoms. The summed E-state index contributed by atoms with van der Waals surface area (Å²) in [5.41, 5.74) is 2.65. The lowest BCUT2D eigenvalue weighted by molar-refractivity contribution is 0.967. The molecule has 0 heterocycles. The van der Waals surface area contributed by atoms with Gasteiger partial charge in [0.1, 0.15) is 4.49 Å². The SMILES string of the molecule is CC(C)=CCC/C(C)=C\C=C(Cl)Cl. The molecule has 0 fully saturated rings. The van der Waals surface area contributed by atoms with Crippen molar-refractivity contribution in [3.63, 3.8) is 0 Å². The molecule has 0 nitrogen and oxygen atoms in total. The minimum Gasteiger partial charge on any atom is -0.0856 e. The predicted octanol–water partition coefficient (Wildman–Crippen LogP) is 5.00. The largest absolute Gasteiger partial charge is 0.106 e. The lowest BCUT2D eigenvalue weighted by Gasteiger charge is -1.96. The average molecular weight is 219 g/mol. The molecule has 0 atom stereocenters. The maximum atomic E-state index is 5.48. The fraction of sp³-hybridized carbons (Fsp3) is 0.455. The minimum atomic E-state index is 0.307. The highest BCUT2D eigenvalue weighted by Crippen LogP contribution is 2.10. The summed E-state index contributed by atoms with van der Waals surface area (Å²) in [6.07, 6.45) is 8.03. The fourth-order valence-corrected chi connectivity index (χ4v) is 1.00. The zero-order valence-corrected chi connectivity index (χ0v) is 9.91. The van der Waals surface area contributed by atoms with E-state index in [0.29, 0.717) is 4.49 Å². The Kier molecular flexibility index (Phi) is 7.12. The van der Waals surface area contributed by atoms with Gasteiger partial charge in [-0.05, 0) is 39.7 Å². The molecule has 0 aromatic carbocycles. The number of rotatable bonds is 4. The van der Waals surface area contributed by atoms with Crippen LogP contribution in [0.2, 0.25) is 0 Å². The van der Waals surface area contributed by atoms with Crippen LogP contribution in [0.15, 0.2) is 33.9 Å². The zero-order valence-electron chi connectivity index (χ0n) is 8.40. The monoisotopic (exact) mass is 218 g/mol. The van der Waals surface area contributed by atoms with Crippen molar-refractivity contribution in [1.29, 1.82) is 0 Å². The van der Waals surface area contributed by atoms with Gasteiger partial charge in [-0.2, -0.15) is 0 Å². The third-order valence-electron chi connectivity index (χ3n) is 1.59. The highest BCUT2D eigenvalue weighted by Gasteiger charge is 1.87. The summed E-state index contributed by atoms with van der Waals surface area (Å²) in [6, 6.07) is 0. The van der Waals surface area contributed by atoms with Crippen LogP contribution in [0, 0.1) is 0 Å². The van der Waals surface area contributed by atoms with Crippen LogP contribution >= 0.6 is 23.2 Å². The summed E-state index contributed by atoms with van der Waals surface area (Å²) in [6.45, 7) is 6.29. The Hall–Kier alpha value is -0.200. The van der Waals surface area contributed by atoms with Crippen LogP contribution in [0.3, 0.4) is 0 Å². The van der Waals surface area contributed by atoms with E-state index in [2.05, 4.69) is 26.8 Å². The summed E-state index contributed by atoms with van der Waals surface area (Å²) in [5.74, 6) is 0. The summed E-state index contributed by atoms with van der Waals surface area (Å²) in [7, 11) is 0. The van der Waals surface area contributed by atoms with E-state index in [-0.39, 0.29) is 0 Å². The van der Waals surface area contributed by atoms with E-state index in [1.54, 1.807) is 6.08 Å². The lowest BCUT2D eigenvalue weighted by Crippen LogP contribution is -1.75. The quantitative estimate of drug-likeness (QED) is 0.461. The van der Waals surface area contributed by atoms with Gasteiger partial charge in [0, 0.05) is 0 Å². The third-order valence-corrected chi connectivity index (χ3v) is 1.84. The van der Waals surface area contributed by atoms with Crippen molar-refractivity contribution in [2.24, 2.45) is 0 Å². The van der Waals surface area contributed by atoms with Crippen LogP contribution in [0.1, 0.15) is 33.6 Å². The van der Waals surface area contributed by atoms with Gasteiger partial charge in [-0.25, -0.2) is 0 Å². The van der Waals surface area contributed by atoms with Crippen molar-refractivity contribution in [3.05, 3.63) is 33.9 Å². The third kappa shape index (κ3) is 9.72. The van der Waals surface area contributed by atoms with Gasteiger partial charge in [0.05, 0.1) is 0 Å².